The lowest BCUT2D eigenvalue weighted by Crippen LogP contribution is -2.00. The first-order valence-corrected chi connectivity index (χ1v) is 6.42. The van der Waals surface area contributed by atoms with E-state index in [0.29, 0.717) is 0 Å². The number of carboxylic acids is 1. The van der Waals surface area contributed by atoms with Gasteiger partial charge in [0.05, 0.1) is 5.69 Å². The Kier molecular flexibility index (Phi) is 3.53. The van der Waals surface area contributed by atoms with Gasteiger partial charge in [-0.2, -0.15) is 5.10 Å². The largest absolute Gasteiger partial charge is 0.508 e. The molecule has 2 rings (SSSR count). The molecule has 0 saturated carbocycles. The molecule has 1 aromatic carbocycles. The third kappa shape index (κ3) is 2.39. The third-order valence-electron chi connectivity index (χ3n) is 3.37. The highest BCUT2D eigenvalue weighted by Gasteiger charge is 2.16. The number of aromatic nitrogens is 2. The Balaban J connectivity index is 2.63. The summed E-state index contributed by atoms with van der Waals surface area (Å²) in [7, 11) is 1.71. The van der Waals surface area contributed by atoms with Gasteiger partial charge in [0.15, 0.2) is 5.69 Å². The van der Waals surface area contributed by atoms with Gasteiger partial charge in [0.1, 0.15) is 5.75 Å². The SMILES string of the molecule is Cc1cc(O)c(C(C)C)cc1-c1cc(C(=O)O)nn1C. The van der Waals surface area contributed by atoms with Crippen LogP contribution in [-0.4, -0.2) is 26.0 Å². The zero-order chi connectivity index (χ0) is 15.0. The van der Waals surface area contributed by atoms with E-state index in [9.17, 15) is 9.90 Å². The van der Waals surface area contributed by atoms with E-state index in [1.165, 1.54) is 0 Å². The van der Waals surface area contributed by atoms with Gasteiger partial charge in [-0.25, -0.2) is 4.79 Å². The molecule has 0 fully saturated rings. The van der Waals surface area contributed by atoms with Gasteiger partial charge in [-0.15, -0.1) is 0 Å². The molecule has 5 nitrogen and oxygen atoms in total. The molecule has 0 bridgehead atoms. The second-order valence-corrected chi connectivity index (χ2v) is 5.22. The predicted octanol–water partition coefficient (Wildman–Crippen LogP) is 2.92. The van der Waals surface area contributed by atoms with Gasteiger partial charge in [0.2, 0.25) is 0 Å². The van der Waals surface area contributed by atoms with Crippen molar-refractivity contribution in [2.24, 2.45) is 7.05 Å². The Morgan fingerprint density at radius 3 is 2.45 bits per heavy atom. The quantitative estimate of drug-likeness (QED) is 0.902. The Morgan fingerprint density at radius 2 is 1.95 bits per heavy atom. The van der Waals surface area contributed by atoms with Crippen LogP contribution in [0.4, 0.5) is 0 Å². The summed E-state index contributed by atoms with van der Waals surface area (Å²) in [5, 5.41) is 23.0. The maximum absolute atomic E-state index is 11.0. The van der Waals surface area contributed by atoms with Crippen LogP contribution in [0.5, 0.6) is 5.75 Å². The summed E-state index contributed by atoms with van der Waals surface area (Å²) >= 11 is 0. The zero-order valence-corrected chi connectivity index (χ0v) is 12.0. The molecule has 0 aliphatic carbocycles. The number of carboxylic acid groups (broad SMARTS) is 1. The number of rotatable bonds is 3. The summed E-state index contributed by atoms with van der Waals surface area (Å²) in [6, 6.07) is 5.15. The molecule has 20 heavy (non-hydrogen) atoms. The van der Waals surface area contributed by atoms with E-state index in [4.69, 9.17) is 5.11 Å². The fourth-order valence-electron chi connectivity index (χ4n) is 2.27. The average molecular weight is 274 g/mol. The van der Waals surface area contributed by atoms with Crippen LogP contribution in [0.1, 0.15) is 41.4 Å². The van der Waals surface area contributed by atoms with Crippen molar-refractivity contribution < 1.29 is 15.0 Å². The molecule has 1 heterocycles. The maximum atomic E-state index is 11.0. The maximum Gasteiger partial charge on any atom is 0.356 e. The Bertz CT molecular complexity index is 672. The van der Waals surface area contributed by atoms with Crippen LogP contribution < -0.4 is 0 Å². The molecule has 0 radical (unpaired) electrons. The molecule has 1 aromatic heterocycles. The highest BCUT2D eigenvalue weighted by atomic mass is 16.4. The van der Waals surface area contributed by atoms with Crippen LogP contribution in [0, 0.1) is 6.92 Å². The van der Waals surface area contributed by atoms with Crippen molar-refractivity contribution in [3.8, 4) is 17.0 Å². The summed E-state index contributed by atoms with van der Waals surface area (Å²) in [6.07, 6.45) is 0. The van der Waals surface area contributed by atoms with Crippen molar-refractivity contribution in [2.75, 3.05) is 0 Å². The molecule has 0 aliphatic heterocycles. The van der Waals surface area contributed by atoms with Crippen LogP contribution in [0.25, 0.3) is 11.3 Å². The number of benzene rings is 1. The van der Waals surface area contributed by atoms with Gasteiger partial charge in [-0.1, -0.05) is 13.8 Å². The smallest absolute Gasteiger partial charge is 0.356 e. The predicted molar refractivity (Wildman–Crippen MR) is 76.1 cm³/mol. The molecule has 5 heteroatoms. The first kappa shape index (κ1) is 14.1. The number of hydrogen-bond acceptors (Lipinski definition) is 3. The van der Waals surface area contributed by atoms with Gasteiger partial charge in [0.25, 0.3) is 0 Å². The van der Waals surface area contributed by atoms with Gasteiger partial charge in [-0.05, 0) is 42.2 Å². The van der Waals surface area contributed by atoms with E-state index in [1.807, 2.05) is 26.8 Å². The van der Waals surface area contributed by atoms with Crippen molar-refractivity contribution in [1.82, 2.24) is 9.78 Å². The standard InChI is InChI=1S/C15H18N2O3/c1-8(2)10-6-11(9(3)5-14(10)18)13-7-12(15(19)20)16-17(13)4/h5-8,18H,1-4H3,(H,19,20). The highest BCUT2D eigenvalue weighted by Crippen LogP contribution is 2.33. The van der Waals surface area contributed by atoms with E-state index in [-0.39, 0.29) is 17.4 Å². The van der Waals surface area contributed by atoms with Crippen LogP contribution in [0.2, 0.25) is 0 Å². The summed E-state index contributed by atoms with van der Waals surface area (Å²) in [5.41, 5.74) is 3.34. The zero-order valence-electron chi connectivity index (χ0n) is 12.0. The minimum atomic E-state index is -1.05. The van der Waals surface area contributed by atoms with Gasteiger partial charge in [0, 0.05) is 12.6 Å². The molecule has 106 valence electrons. The Labute approximate surface area is 117 Å². The number of aryl methyl sites for hydroxylation is 2. The lowest BCUT2D eigenvalue weighted by Gasteiger charge is -2.13. The lowest BCUT2D eigenvalue weighted by atomic mass is 9.95. The summed E-state index contributed by atoms with van der Waals surface area (Å²) in [4.78, 5) is 11.0. The van der Waals surface area contributed by atoms with Crippen molar-refractivity contribution in [1.29, 1.82) is 0 Å². The molecule has 2 aromatic rings. The molecule has 0 saturated heterocycles. The van der Waals surface area contributed by atoms with Gasteiger partial charge < -0.3 is 10.2 Å². The van der Waals surface area contributed by atoms with E-state index in [0.717, 1.165) is 22.4 Å². The first-order valence-electron chi connectivity index (χ1n) is 6.42. The molecule has 0 spiro atoms. The number of aromatic hydroxyl groups is 1. The fraction of sp³-hybridized carbons (Fsp3) is 0.333. The summed E-state index contributed by atoms with van der Waals surface area (Å²) in [5.74, 6) is -0.601. The third-order valence-corrected chi connectivity index (χ3v) is 3.37. The topological polar surface area (TPSA) is 75.3 Å². The van der Waals surface area contributed by atoms with Crippen LogP contribution in [0.15, 0.2) is 18.2 Å². The second-order valence-electron chi connectivity index (χ2n) is 5.22. The molecular formula is C15H18N2O3. The summed E-state index contributed by atoms with van der Waals surface area (Å²) < 4.78 is 1.55. The van der Waals surface area contributed by atoms with Crippen LogP contribution in [0.3, 0.4) is 0 Å². The highest BCUT2D eigenvalue weighted by molar-refractivity contribution is 5.87. The molecular weight excluding hydrogens is 256 g/mol. The number of carbonyl (C=O) groups is 1. The number of phenolic OH excluding ortho intramolecular Hbond substituents is 1. The number of nitrogens with zero attached hydrogens (tertiary/aromatic N) is 2. The van der Waals surface area contributed by atoms with E-state index < -0.39 is 5.97 Å². The minimum absolute atomic E-state index is 0.0149. The number of hydrogen-bond donors (Lipinski definition) is 2. The van der Waals surface area contributed by atoms with E-state index in [1.54, 1.807) is 23.9 Å². The molecule has 0 unspecified atom stereocenters. The van der Waals surface area contributed by atoms with Gasteiger partial charge >= 0.3 is 5.97 Å². The minimum Gasteiger partial charge on any atom is -0.508 e. The molecule has 2 N–H and O–H groups in total. The van der Waals surface area contributed by atoms with Gasteiger partial charge in [-0.3, -0.25) is 4.68 Å². The first-order chi connectivity index (χ1) is 9.31. The van der Waals surface area contributed by atoms with Crippen LogP contribution >= 0.6 is 0 Å². The van der Waals surface area contributed by atoms with E-state index in [2.05, 4.69) is 5.10 Å². The number of aromatic carboxylic acids is 1. The average Bonchev–Trinajstić information content (AvgIpc) is 2.71. The molecule has 0 atom stereocenters. The van der Waals surface area contributed by atoms with Crippen molar-refractivity contribution in [3.05, 3.63) is 35.0 Å². The molecule has 0 amide bonds. The Hall–Kier alpha value is -2.30. The second kappa shape index (κ2) is 5.00. The monoisotopic (exact) mass is 274 g/mol. The Morgan fingerprint density at radius 1 is 1.30 bits per heavy atom. The fourth-order valence-corrected chi connectivity index (χ4v) is 2.27. The van der Waals surface area contributed by atoms with E-state index >= 15 is 0 Å². The van der Waals surface area contributed by atoms with Crippen LogP contribution in [-0.2, 0) is 7.05 Å². The normalized spacial score (nSPS) is 11.1. The lowest BCUT2D eigenvalue weighted by molar-refractivity contribution is 0.0689. The van der Waals surface area contributed by atoms with Crippen molar-refractivity contribution in [2.45, 2.75) is 26.7 Å². The summed E-state index contributed by atoms with van der Waals surface area (Å²) in [6.45, 7) is 5.88. The number of phenols is 1. The molecule has 0 aliphatic rings. The van der Waals surface area contributed by atoms with Crippen molar-refractivity contribution in [3.63, 3.8) is 0 Å². The van der Waals surface area contributed by atoms with Crippen molar-refractivity contribution >= 4 is 5.97 Å².